The number of carbonyl (C=O) groups is 2. The fourth-order valence-corrected chi connectivity index (χ4v) is 3.66. The third-order valence-corrected chi connectivity index (χ3v) is 5.43. The third kappa shape index (κ3) is 5.77. The molecule has 0 unspecified atom stereocenters. The van der Waals surface area contributed by atoms with Gasteiger partial charge in [-0.1, -0.05) is 6.07 Å². The highest BCUT2D eigenvalue weighted by Crippen LogP contribution is 2.28. The zero-order valence-electron chi connectivity index (χ0n) is 19.1. The molecule has 4 rings (SSSR count). The summed E-state index contributed by atoms with van der Waals surface area (Å²) in [5.41, 5.74) is 1.83. The Morgan fingerprint density at radius 1 is 1.09 bits per heavy atom. The Balaban J connectivity index is 1.21. The van der Waals surface area contributed by atoms with Crippen molar-refractivity contribution in [3.05, 3.63) is 60.3 Å². The number of aryl methyl sites for hydroxylation is 1. The number of nitrogens with one attached hydrogen (secondary N) is 3. The van der Waals surface area contributed by atoms with E-state index in [4.69, 9.17) is 4.74 Å². The number of benzene rings is 1. The summed E-state index contributed by atoms with van der Waals surface area (Å²) in [6.07, 6.45) is 1.92. The van der Waals surface area contributed by atoms with Gasteiger partial charge in [-0.3, -0.25) is 9.59 Å². The molecule has 0 aliphatic carbocycles. The van der Waals surface area contributed by atoms with Crippen molar-refractivity contribution in [2.45, 2.75) is 13.3 Å². The summed E-state index contributed by atoms with van der Waals surface area (Å²) in [6.45, 7) is 3.22. The van der Waals surface area contributed by atoms with E-state index < -0.39 is 0 Å². The van der Waals surface area contributed by atoms with Crippen LogP contribution in [-0.2, 0) is 9.59 Å². The summed E-state index contributed by atoms with van der Waals surface area (Å²) in [4.78, 5) is 30.9. The second-order valence-electron chi connectivity index (χ2n) is 7.97. The Morgan fingerprint density at radius 2 is 1.91 bits per heavy atom. The molecule has 176 valence electrons. The second kappa shape index (κ2) is 10.6. The van der Waals surface area contributed by atoms with Crippen LogP contribution in [0.3, 0.4) is 0 Å². The standard InChI is InChI=1S/C24H27N7O3/c1-16-8-9-25-22(12-16)28-21-7-6-20(29-30-21)26-10-11-27-24(33)17-13-23(32)31(15-17)18-4-3-5-19(14-18)34-2/h3-9,12,14,17H,10-11,13,15H2,1-2H3,(H,26,29)(H,27,33)(H,25,28,30)/t17-/m0/s1. The van der Waals surface area contributed by atoms with Crippen molar-refractivity contribution in [2.24, 2.45) is 5.92 Å². The molecule has 2 amide bonds. The van der Waals surface area contributed by atoms with Crippen LogP contribution in [0.1, 0.15) is 12.0 Å². The van der Waals surface area contributed by atoms with Gasteiger partial charge in [-0.15, -0.1) is 10.2 Å². The van der Waals surface area contributed by atoms with Crippen LogP contribution in [0.4, 0.5) is 23.1 Å². The Bertz CT molecular complexity index is 1150. The number of anilines is 4. The number of ether oxygens (including phenoxy) is 1. The molecule has 0 saturated carbocycles. The van der Waals surface area contributed by atoms with Crippen molar-refractivity contribution >= 4 is 35.0 Å². The molecule has 3 heterocycles. The van der Waals surface area contributed by atoms with Gasteiger partial charge >= 0.3 is 0 Å². The summed E-state index contributed by atoms with van der Waals surface area (Å²) < 4.78 is 5.22. The molecule has 1 atom stereocenters. The van der Waals surface area contributed by atoms with Gasteiger partial charge in [0.2, 0.25) is 11.8 Å². The first-order valence-corrected chi connectivity index (χ1v) is 11.0. The first kappa shape index (κ1) is 23.0. The van der Waals surface area contributed by atoms with E-state index in [1.54, 1.807) is 36.4 Å². The zero-order valence-corrected chi connectivity index (χ0v) is 19.1. The number of methoxy groups -OCH3 is 1. The Kier molecular flexibility index (Phi) is 7.16. The van der Waals surface area contributed by atoms with Gasteiger partial charge in [0.05, 0.1) is 13.0 Å². The minimum Gasteiger partial charge on any atom is -0.497 e. The average molecular weight is 462 g/mol. The maximum Gasteiger partial charge on any atom is 0.227 e. The molecule has 0 bridgehead atoms. The molecule has 1 aliphatic rings. The summed E-state index contributed by atoms with van der Waals surface area (Å²) in [7, 11) is 1.58. The van der Waals surface area contributed by atoms with E-state index in [1.165, 1.54) is 0 Å². The molecule has 34 heavy (non-hydrogen) atoms. The molecule has 1 aromatic carbocycles. The Morgan fingerprint density at radius 3 is 2.68 bits per heavy atom. The first-order chi connectivity index (χ1) is 16.5. The molecule has 1 fully saturated rings. The number of rotatable bonds is 9. The summed E-state index contributed by atoms with van der Waals surface area (Å²) >= 11 is 0. The van der Waals surface area contributed by atoms with Gasteiger partial charge in [-0.25, -0.2) is 4.98 Å². The number of aromatic nitrogens is 3. The van der Waals surface area contributed by atoms with Crippen molar-refractivity contribution in [3.63, 3.8) is 0 Å². The van der Waals surface area contributed by atoms with E-state index in [-0.39, 0.29) is 24.2 Å². The highest BCUT2D eigenvalue weighted by Gasteiger charge is 2.35. The molecule has 0 spiro atoms. The zero-order chi connectivity index (χ0) is 23.9. The maximum absolute atomic E-state index is 12.6. The molecule has 1 aliphatic heterocycles. The van der Waals surface area contributed by atoms with Crippen molar-refractivity contribution in [1.82, 2.24) is 20.5 Å². The first-order valence-electron chi connectivity index (χ1n) is 11.0. The van der Waals surface area contributed by atoms with E-state index >= 15 is 0 Å². The molecule has 2 aromatic heterocycles. The van der Waals surface area contributed by atoms with E-state index in [9.17, 15) is 9.59 Å². The fourth-order valence-electron chi connectivity index (χ4n) is 3.66. The molecular weight excluding hydrogens is 434 g/mol. The number of hydrogen-bond donors (Lipinski definition) is 3. The van der Waals surface area contributed by atoms with Crippen LogP contribution >= 0.6 is 0 Å². The molecule has 3 N–H and O–H groups in total. The van der Waals surface area contributed by atoms with Crippen LogP contribution < -0.4 is 25.6 Å². The van der Waals surface area contributed by atoms with Gasteiger partial charge in [0.1, 0.15) is 17.4 Å². The van der Waals surface area contributed by atoms with Crippen LogP contribution in [-0.4, -0.2) is 53.7 Å². The van der Waals surface area contributed by atoms with Gasteiger partial charge in [0.25, 0.3) is 0 Å². The number of carbonyl (C=O) groups excluding carboxylic acids is 2. The lowest BCUT2D eigenvalue weighted by atomic mass is 10.1. The molecular formula is C24H27N7O3. The number of hydrogen-bond acceptors (Lipinski definition) is 8. The predicted octanol–water partition coefficient (Wildman–Crippen LogP) is 2.51. The minimum atomic E-state index is -0.390. The minimum absolute atomic E-state index is 0.0728. The van der Waals surface area contributed by atoms with E-state index in [2.05, 4.69) is 31.1 Å². The van der Waals surface area contributed by atoms with Crippen LogP contribution in [0.5, 0.6) is 5.75 Å². The Hall–Kier alpha value is -4.21. The van der Waals surface area contributed by atoms with Crippen LogP contribution in [0.25, 0.3) is 0 Å². The lowest BCUT2D eigenvalue weighted by Crippen LogP contribution is -2.35. The Labute approximate surface area is 197 Å². The van der Waals surface area contributed by atoms with Crippen molar-refractivity contribution < 1.29 is 14.3 Å². The largest absolute Gasteiger partial charge is 0.497 e. The summed E-state index contributed by atoms with van der Waals surface area (Å²) in [6, 6.07) is 14.7. The van der Waals surface area contributed by atoms with E-state index in [1.807, 2.05) is 37.3 Å². The summed E-state index contributed by atoms with van der Waals surface area (Å²) in [5.74, 6) is 1.95. The second-order valence-corrected chi connectivity index (χ2v) is 7.97. The van der Waals surface area contributed by atoms with Crippen LogP contribution in [0.2, 0.25) is 0 Å². The van der Waals surface area contributed by atoms with Crippen LogP contribution in [0, 0.1) is 12.8 Å². The summed E-state index contributed by atoms with van der Waals surface area (Å²) in [5, 5.41) is 17.4. The van der Waals surface area contributed by atoms with Gasteiger partial charge < -0.3 is 25.6 Å². The lowest BCUT2D eigenvalue weighted by molar-refractivity contribution is -0.126. The third-order valence-electron chi connectivity index (χ3n) is 5.43. The number of pyridine rings is 1. The molecule has 1 saturated heterocycles. The highest BCUT2D eigenvalue weighted by atomic mass is 16.5. The highest BCUT2D eigenvalue weighted by molar-refractivity contribution is 6.00. The molecule has 3 aromatic rings. The predicted molar refractivity (Wildman–Crippen MR) is 129 cm³/mol. The lowest BCUT2D eigenvalue weighted by Gasteiger charge is -2.17. The quantitative estimate of drug-likeness (QED) is 0.416. The molecule has 0 radical (unpaired) electrons. The van der Waals surface area contributed by atoms with Gasteiger partial charge in [-0.2, -0.15) is 0 Å². The van der Waals surface area contributed by atoms with E-state index in [0.29, 0.717) is 42.8 Å². The van der Waals surface area contributed by atoms with Crippen molar-refractivity contribution in [2.75, 3.05) is 42.3 Å². The smallest absolute Gasteiger partial charge is 0.227 e. The monoisotopic (exact) mass is 461 g/mol. The van der Waals surface area contributed by atoms with Gasteiger partial charge in [0, 0.05) is 44.0 Å². The normalized spacial score (nSPS) is 15.2. The maximum atomic E-state index is 12.6. The van der Waals surface area contributed by atoms with Crippen LogP contribution in [0.15, 0.2) is 54.7 Å². The molecule has 10 heteroatoms. The van der Waals surface area contributed by atoms with Gasteiger partial charge in [0.15, 0.2) is 5.82 Å². The number of amides is 2. The fraction of sp³-hybridized carbons (Fsp3) is 0.292. The topological polar surface area (TPSA) is 121 Å². The van der Waals surface area contributed by atoms with Crippen molar-refractivity contribution in [1.29, 1.82) is 0 Å². The van der Waals surface area contributed by atoms with E-state index in [0.717, 1.165) is 11.3 Å². The van der Waals surface area contributed by atoms with Gasteiger partial charge in [-0.05, 0) is 48.9 Å². The SMILES string of the molecule is COc1cccc(N2C[C@@H](C(=O)NCCNc3ccc(Nc4cc(C)ccn4)nn3)CC2=O)c1. The van der Waals surface area contributed by atoms with Crippen molar-refractivity contribution in [3.8, 4) is 5.75 Å². The number of nitrogens with zero attached hydrogens (tertiary/aromatic N) is 4. The molecule has 10 nitrogen and oxygen atoms in total. The average Bonchev–Trinajstić information content (AvgIpc) is 3.24.